The minimum Gasteiger partial charge on any atom is -0.317 e. The molecule has 1 atom stereocenters. The normalized spacial score (nSPS) is 21.7. The third-order valence-corrected chi connectivity index (χ3v) is 3.77. The molecule has 0 aromatic carbocycles. The fourth-order valence-corrected chi connectivity index (χ4v) is 2.76. The molecular weight excluding hydrogens is 166 g/mol. The van der Waals surface area contributed by atoms with E-state index >= 15 is 0 Å². The van der Waals surface area contributed by atoms with E-state index in [-0.39, 0.29) is 6.04 Å². The average molecular weight is 183 g/mol. The van der Waals surface area contributed by atoms with E-state index in [1.54, 1.807) is 0 Å². The summed E-state index contributed by atoms with van der Waals surface area (Å²) < 4.78 is 0. The van der Waals surface area contributed by atoms with Crippen LogP contribution in [0.1, 0.15) is 32.1 Å². The van der Waals surface area contributed by atoms with Crippen LogP contribution in [-0.4, -0.2) is 17.0 Å². The van der Waals surface area contributed by atoms with Crippen molar-refractivity contribution in [3.8, 4) is 12.3 Å². The lowest BCUT2D eigenvalue weighted by molar-refractivity contribution is 0.516. The highest BCUT2D eigenvalue weighted by Crippen LogP contribution is 2.28. The summed E-state index contributed by atoms with van der Waals surface area (Å²) in [7, 11) is 0. The summed E-state index contributed by atoms with van der Waals surface area (Å²) in [5.41, 5.74) is 5.63. The maximum Gasteiger partial charge on any atom is 0.0753 e. The summed E-state index contributed by atoms with van der Waals surface area (Å²) >= 11 is 1.96. The van der Waals surface area contributed by atoms with Crippen LogP contribution < -0.4 is 5.73 Å². The zero-order chi connectivity index (χ0) is 8.81. The molecular formula is C10H17NS. The van der Waals surface area contributed by atoms with Crippen molar-refractivity contribution in [2.75, 3.05) is 5.75 Å². The van der Waals surface area contributed by atoms with Gasteiger partial charge in [0, 0.05) is 11.0 Å². The molecule has 0 aromatic rings. The van der Waals surface area contributed by atoms with Gasteiger partial charge in [-0.1, -0.05) is 25.2 Å². The third kappa shape index (κ3) is 3.51. The van der Waals surface area contributed by atoms with E-state index in [2.05, 4.69) is 5.92 Å². The van der Waals surface area contributed by atoms with Gasteiger partial charge in [0.15, 0.2) is 0 Å². The Morgan fingerprint density at radius 2 is 2.08 bits per heavy atom. The van der Waals surface area contributed by atoms with Crippen LogP contribution in [-0.2, 0) is 0 Å². The quantitative estimate of drug-likeness (QED) is 0.677. The Morgan fingerprint density at radius 1 is 1.42 bits per heavy atom. The Morgan fingerprint density at radius 3 is 2.67 bits per heavy atom. The van der Waals surface area contributed by atoms with Gasteiger partial charge < -0.3 is 5.73 Å². The zero-order valence-corrected chi connectivity index (χ0v) is 8.28. The van der Waals surface area contributed by atoms with Gasteiger partial charge in [0.25, 0.3) is 0 Å². The Hall–Kier alpha value is -0.130. The number of rotatable bonds is 3. The van der Waals surface area contributed by atoms with E-state index < -0.39 is 0 Å². The first-order valence-corrected chi connectivity index (χ1v) is 5.71. The molecule has 1 saturated carbocycles. The predicted octanol–water partition coefficient (Wildman–Crippen LogP) is 2.01. The second kappa shape index (κ2) is 5.50. The highest BCUT2D eigenvalue weighted by Gasteiger charge is 2.14. The maximum absolute atomic E-state index is 5.63. The predicted molar refractivity (Wildman–Crippen MR) is 56.1 cm³/mol. The number of hydrogen-bond acceptors (Lipinski definition) is 2. The van der Waals surface area contributed by atoms with Crippen LogP contribution in [0, 0.1) is 12.3 Å². The van der Waals surface area contributed by atoms with Gasteiger partial charge in [0.1, 0.15) is 0 Å². The fraction of sp³-hybridized carbons (Fsp3) is 0.800. The molecule has 2 heteroatoms. The lowest BCUT2D eigenvalue weighted by Crippen LogP contribution is -2.22. The van der Waals surface area contributed by atoms with E-state index in [0.29, 0.717) is 0 Å². The minimum atomic E-state index is -0.0445. The van der Waals surface area contributed by atoms with Crippen molar-refractivity contribution in [3.05, 3.63) is 0 Å². The topological polar surface area (TPSA) is 26.0 Å². The van der Waals surface area contributed by atoms with E-state index in [0.717, 1.165) is 11.0 Å². The van der Waals surface area contributed by atoms with Crippen LogP contribution in [0.15, 0.2) is 0 Å². The number of thioether (sulfide) groups is 1. The average Bonchev–Trinajstić information content (AvgIpc) is 2.16. The van der Waals surface area contributed by atoms with E-state index in [4.69, 9.17) is 12.2 Å². The lowest BCUT2D eigenvalue weighted by atomic mass is 10.0. The first-order valence-electron chi connectivity index (χ1n) is 4.66. The number of terminal acetylenes is 1. The molecule has 1 rings (SSSR count). The molecule has 0 bridgehead atoms. The molecule has 2 N–H and O–H groups in total. The lowest BCUT2D eigenvalue weighted by Gasteiger charge is -2.21. The van der Waals surface area contributed by atoms with Gasteiger partial charge in [-0.15, -0.1) is 6.42 Å². The molecule has 0 saturated heterocycles. The Labute approximate surface area is 79.5 Å². The fourth-order valence-electron chi connectivity index (χ4n) is 1.52. The Bertz CT molecular complexity index is 156. The number of nitrogens with two attached hydrogens (primary N) is 1. The van der Waals surface area contributed by atoms with Gasteiger partial charge in [0.05, 0.1) is 6.04 Å². The van der Waals surface area contributed by atoms with Gasteiger partial charge in [-0.05, 0) is 12.8 Å². The van der Waals surface area contributed by atoms with Gasteiger partial charge in [-0.3, -0.25) is 0 Å². The summed E-state index contributed by atoms with van der Waals surface area (Å²) in [5.74, 6) is 3.49. The summed E-state index contributed by atoms with van der Waals surface area (Å²) in [5, 5.41) is 0.832. The summed E-state index contributed by atoms with van der Waals surface area (Å²) in [6.07, 6.45) is 12.1. The second-order valence-corrected chi connectivity index (χ2v) is 4.70. The highest BCUT2D eigenvalue weighted by molar-refractivity contribution is 7.99. The molecule has 1 aliphatic rings. The van der Waals surface area contributed by atoms with Crippen molar-refractivity contribution >= 4 is 11.8 Å². The van der Waals surface area contributed by atoms with Crippen LogP contribution in [0.2, 0.25) is 0 Å². The minimum absolute atomic E-state index is 0.0445. The number of hydrogen-bond donors (Lipinski definition) is 1. The van der Waals surface area contributed by atoms with Crippen LogP contribution in [0.5, 0.6) is 0 Å². The second-order valence-electron chi connectivity index (χ2n) is 3.37. The van der Waals surface area contributed by atoms with Crippen molar-refractivity contribution in [2.45, 2.75) is 43.4 Å². The molecule has 68 valence electrons. The first kappa shape index (κ1) is 9.95. The Kier molecular flexibility index (Phi) is 4.57. The van der Waals surface area contributed by atoms with Crippen molar-refractivity contribution in [1.82, 2.24) is 0 Å². The molecule has 0 aliphatic heterocycles. The van der Waals surface area contributed by atoms with Gasteiger partial charge in [-0.2, -0.15) is 11.8 Å². The summed E-state index contributed by atoms with van der Waals surface area (Å²) in [6.45, 7) is 0. The van der Waals surface area contributed by atoms with Crippen molar-refractivity contribution < 1.29 is 0 Å². The van der Waals surface area contributed by atoms with Crippen LogP contribution >= 0.6 is 11.8 Å². The third-order valence-electron chi connectivity index (χ3n) is 2.28. The zero-order valence-electron chi connectivity index (χ0n) is 7.46. The highest BCUT2D eigenvalue weighted by atomic mass is 32.2. The molecule has 12 heavy (non-hydrogen) atoms. The monoisotopic (exact) mass is 183 g/mol. The molecule has 1 nitrogen and oxygen atoms in total. The van der Waals surface area contributed by atoms with Crippen LogP contribution in [0.4, 0.5) is 0 Å². The van der Waals surface area contributed by atoms with Crippen molar-refractivity contribution in [3.63, 3.8) is 0 Å². The summed E-state index contributed by atoms with van der Waals surface area (Å²) in [6, 6.07) is -0.0445. The SMILES string of the molecule is C#CC(N)CSC1CCCCC1. The van der Waals surface area contributed by atoms with Crippen molar-refractivity contribution in [2.24, 2.45) is 5.73 Å². The van der Waals surface area contributed by atoms with E-state index in [9.17, 15) is 0 Å². The molecule has 0 amide bonds. The summed E-state index contributed by atoms with van der Waals surface area (Å²) in [4.78, 5) is 0. The molecule has 0 aromatic heterocycles. The molecule has 1 fully saturated rings. The van der Waals surface area contributed by atoms with Gasteiger partial charge >= 0.3 is 0 Å². The van der Waals surface area contributed by atoms with E-state index in [1.807, 2.05) is 11.8 Å². The Balaban J connectivity index is 2.10. The molecule has 0 spiro atoms. The first-order chi connectivity index (χ1) is 5.83. The van der Waals surface area contributed by atoms with Crippen LogP contribution in [0.3, 0.4) is 0 Å². The molecule has 0 heterocycles. The maximum atomic E-state index is 5.63. The molecule has 1 aliphatic carbocycles. The van der Waals surface area contributed by atoms with E-state index in [1.165, 1.54) is 32.1 Å². The van der Waals surface area contributed by atoms with Crippen LogP contribution in [0.25, 0.3) is 0 Å². The smallest absolute Gasteiger partial charge is 0.0753 e. The molecule has 0 radical (unpaired) electrons. The van der Waals surface area contributed by atoms with Gasteiger partial charge in [0.2, 0.25) is 0 Å². The van der Waals surface area contributed by atoms with Gasteiger partial charge in [-0.25, -0.2) is 0 Å². The standard InChI is InChI=1S/C10H17NS/c1-2-9(11)8-12-10-6-4-3-5-7-10/h1,9-10H,3-8,11H2. The largest absolute Gasteiger partial charge is 0.317 e. The molecule has 1 unspecified atom stereocenters. The van der Waals surface area contributed by atoms with Crippen molar-refractivity contribution in [1.29, 1.82) is 0 Å².